The summed E-state index contributed by atoms with van der Waals surface area (Å²) in [5.41, 5.74) is 0.986. The third kappa shape index (κ3) is 2.44. The molecule has 1 aliphatic heterocycles. The van der Waals surface area contributed by atoms with E-state index in [1.807, 2.05) is 22.9 Å². The minimum atomic E-state index is -3.41. The van der Waals surface area contributed by atoms with E-state index in [0.29, 0.717) is 19.6 Å². The van der Waals surface area contributed by atoms with Crippen LogP contribution in [-0.4, -0.2) is 55.4 Å². The van der Waals surface area contributed by atoms with Crippen LogP contribution in [0.5, 0.6) is 0 Å². The van der Waals surface area contributed by atoms with Crippen molar-refractivity contribution in [2.75, 3.05) is 27.7 Å². The highest BCUT2D eigenvalue weighted by Crippen LogP contribution is 2.18. The zero-order chi connectivity index (χ0) is 13.3. The molecule has 1 aromatic heterocycles. The molecule has 1 atom stereocenters. The molecule has 1 aromatic rings. The van der Waals surface area contributed by atoms with Gasteiger partial charge in [-0.1, -0.05) is 0 Å². The highest BCUT2D eigenvalue weighted by molar-refractivity contribution is 7.86. The molecule has 7 heteroatoms. The molecular weight excluding hydrogens is 254 g/mol. The molecular formula is C11H19N3O3S. The predicted molar refractivity (Wildman–Crippen MR) is 68.2 cm³/mol. The van der Waals surface area contributed by atoms with Gasteiger partial charge in [-0.2, -0.15) is 17.0 Å². The van der Waals surface area contributed by atoms with Gasteiger partial charge in [0, 0.05) is 46.2 Å². The van der Waals surface area contributed by atoms with Crippen molar-refractivity contribution in [3.05, 3.63) is 24.0 Å². The van der Waals surface area contributed by atoms with Crippen LogP contribution in [-0.2, 0) is 28.0 Å². The van der Waals surface area contributed by atoms with Crippen LogP contribution in [0.1, 0.15) is 5.69 Å². The highest BCUT2D eigenvalue weighted by Gasteiger charge is 2.30. The molecule has 6 nitrogen and oxygen atoms in total. The van der Waals surface area contributed by atoms with E-state index < -0.39 is 10.2 Å². The average Bonchev–Trinajstić information content (AvgIpc) is 2.66. The number of rotatable bonds is 3. The Balaban J connectivity index is 2.33. The van der Waals surface area contributed by atoms with Crippen molar-refractivity contribution >= 4 is 10.2 Å². The summed E-state index contributed by atoms with van der Waals surface area (Å²) in [5.74, 6) is 0. The minimum Gasteiger partial charge on any atom is -0.378 e. The Morgan fingerprint density at radius 2 is 2.11 bits per heavy atom. The first-order valence-electron chi connectivity index (χ1n) is 5.79. The lowest BCUT2D eigenvalue weighted by molar-refractivity contribution is 0.0761. The first-order chi connectivity index (χ1) is 8.45. The summed E-state index contributed by atoms with van der Waals surface area (Å²) in [6, 6.07) is 3.87. The summed E-state index contributed by atoms with van der Waals surface area (Å²) in [6.45, 7) is 1.43. The molecule has 2 heterocycles. The zero-order valence-electron chi connectivity index (χ0n) is 10.9. The van der Waals surface area contributed by atoms with Gasteiger partial charge in [-0.25, -0.2) is 0 Å². The van der Waals surface area contributed by atoms with Gasteiger partial charge in [-0.05, 0) is 12.1 Å². The Morgan fingerprint density at radius 1 is 1.39 bits per heavy atom. The van der Waals surface area contributed by atoms with Crippen LogP contribution in [0.2, 0.25) is 0 Å². The van der Waals surface area contributed by atoms with E-state index in [0.717, 1.165) is 5.69 Å². The summed E-state index contributed by atoms with van der Waals surface area (Å²) in [6.07, 6.45) is 1.82. The first kappa shape index (κ1) is 13.5. The number of ether oxygens (including phenoxy) is 1. The summed E-state index contributed by atoms with van der Waals surface area (Å²) in [7, 11) is 1.28. The monoisotopic (exact) mass is 273 g/mol. The van der Waals surface area contributed by atoms with Crippen LogP contribution in [0.15, 0.2) is 18.3 Å². The number of aromatic nitrogens is 1. The fourth-order valence-electron chi connectivity index (χ4n) is 2.08. The smallest absolute Gasteiger partial charge is 0.281 e. The van der Waals surface area contributed by atoms with Crippen LogP contribution >= 0.6 is 0 Å². The van der Waals surface area contributed by atoms with Gasteiger partial charge in [0.2, 0.25) is 0 Å². The maximum absolute atomic E-state index is 12.2. The number of nitrogens with zero attached hydrogens (tertiary/aromatic N) is 3. The SMILES string of the molecule is COC1CN(S(=O)(=O)N(C)C)Cc2cccn2C1. The van der Waals surface area contributed by atoms with E-state index in [4.69, 9.17) is 4.74 Å². The Bertz CT molecular complexity index is 509. The predicted octanol–water partition coefficient (Wildman–Crippen LogP) is 0.125. The van der Waals surface area contributed by atoms with Gasteiger partial charge >= 0.3 is 0 Å². The average molecular weight is 273 g/mol. The number of hydrogen-bond donors (Lipinski definition) is 0. The van der Waals surface area contributed by atoms with Crippen LogP contribution in [0.4, 0.5) is 0 Å². The minimum absolute atomic E-state index is 0.131. The van der Waals surface area contributed by atoms with Crippen LogP contribution in [0.3, 0.4) is 0 Å². The van der Waals surface area contributed by atoms with Gasteiger partial charge < -0.3 is 9.30 Å². The van der Waals surface area contributed by atoms with Gasteiger partial charge in [0.1, 0.15) is 0 Å². The molecule has 18 heavy (non-hydrogen) atoms. The van der Waals surface area contributed by atoms with Gasteiger partial charge in [0.05, 0.1) is 12.6 Å². The molecule has 0 spiro atoms. The maximum atomic E-state index is 12.2. The fraction of sp³-hybridized carbons (Fsp3) is 0.636. The van der Waals surface area contributed by atoms with Crippen molar-refractivity contribution in [1.29, 1.82) is 0 Å². The van der Waals surface area contributed by atoms with Crippen molar-refractivity contribution < 1.29 is 13.2 Å². The van der Waals surface area contributed by atoms with Crippen molar-refractivity contribution in [3.63, 3.8) is 0 Å². The molecule has 0 saturated heterocycles. The summed E-state index contributed by atoms with van der Waals surface area (Å²) in [4.78, 5) is 0. The summed E-state index contributed by atoms with van der Waals surface area (Å²) >= 11 is 0. The second-order valence-electron chi connectivity index (χ2n) is 4.59. The Kier molecular flexibility index (Phi) is 3.76. The molecule has 2 rings (SSSR count). The summed E-state index contributed by atoms with van der Waals surface area (Å²) < 4.78 is 34.5. The second-order valence-corrected chi connectivity index (χ2v) is 6.73. The number of hydrogen-bond acceptors (Lipinski definition) is 3. The zero-order valence-corrected chi connectivity index (χ0v) is 11.7. The molecule has 0 aromatic carbocycles. The topological polar surface area (TPSA) is 54.8 Å². The highest BCUT2D eigenvalue weighted by atomic mass is 32.2. The maximum Gasteiger partial charge on any atom is 0.281 e. The molecule has 102 valence electrons. The van der Waals surface area contributed by atoms with Crippen molar-refractivity contribution in [2.24, 2.45) is 0 Å². The van der Waals surface area contributed by atoms with Crippen LogP contribution in [0.25, 0.3) is 0 Å². The van der Waals surface area contributed by atoms with Gasteiger partial charge in [-0.3, -0.25) is 0 Å². The first-order valence-corrected chi connectivity index (χ1v) is 7.19. The van der Waals surface area contributed by atoms with E-state index in [1.54, 1.807) is 21.2 Å². The largest absolute Gasteiger partial charge is 0.378 e. The lowest BCUT2D eigenvalue weighted by atomic mass is 10.3. The summed E-state index contributed by atoms with van der Waals surface area (Å²) in [5, 5.41) is 0. The van der Waals surface area contributed by atoms with E-state index in [2.05, 4.69) is 0 Å². The molecule has 0 amide bonds. The van der Waals surface area contributed by atoms with Crippen LogP contribution in [0, 0.1) is 0 Å². The van der Waals surface area contributed by atoms with Gasteiger partial charge in [-0.15, -0.1) is 0 Å². The third-order valence-corrected chi connectivity index (χ3v) is 5.04. The standard InChI is InChI=1S/C11H19N3O3S/c1-12(2)18(15,16)14-7-10-5-4-6-13(10)8-11(9-14)17-3/h4-6,11H,7-9H2,1-3H3. The van der Waals surface area contributed by atoms with E-state index in [9.17, 15) is 8.42 Å². The number of methoxy groups -OCH3 is 1. The lowest BCUT2D eigenvalue weighted by Crippen LogP contribution is -2.43. The Hall–Kier alpha value is -0.890. The Labute approximate surface area is 108 Å². The second kappa shape index (κ2) is 5.00. The normalized spacial score (nSPS) is 21.9. The quantitative estimate of drug-likeness (QED) is 0.786. The van der Waals surface area contributed by atoms with Gasteiger partial charge in [0.15, 0.2) is 0 Å². The Morgan fingerprint density at radius 3 is 2.72 bits per heavy atom. The molecule has 1 aliphatic rings. The van der Waals surface area contributed by atoms with E-state index in [1.165, 1.54) is 8.61 Å². The molecule has 1 unspecified atom stereocenters. The number of fused-ring (bicyclic) bond motifs is 1. The van der Waals surface area contributed by atoms with E-state index >= 15 is 0 Å². The van der Waals surface area contributed by atoms with Gasteiger partial charge in [0.25, 0.3) is 10.2 Å². The van der Waals surface area contributed by atoms with Crippen molar-refractivity contribution in [1.82, 2.24) is 13.2 Å². The lowest BCUT2D eigenvalue weighted by Gasteiger charge is -2.25. The molecule has 0 aliphatic carbocycles. The third-order valence-electron chi connectivity index (χ3n) is 3.19. The van der Waals surface area contributed by atoms with Crippen molar-refractivity contribution in [3.8, 4) is 0 Å². The molecule has 0 fully saturated rings. The molecule has 0 saturated carbocycles. The fourth-order valence-corrected chi connectivity index (χ4v) is 3.19. The molecule has 0 radical (unpaired) electrons. The molecule has 0 bridgehead atoms. The molecule has 0 N–H and O–H groups in total. The van der Waals surface area contributed by atoms with Crippen LogP contribution < -0.4 is 0 Å². The van der Waals surface area contributed by atoms with E-state index in [-0.39, 0.29) is 6.10 Å². The van der Waals surface area contributed by atoms with Crippen molar-refractivity contribution in [2.45, 2.75) is 19.2 Å².